The van der Waals surface area contributed by atoms with Gasteiger partial charge in [-0.15, -0.1) is 0 Å². The number of fused-ring (bicyclic) bond motifs is 6. The van der Waals surface area contributed by atoms with Crippen molar-refractivity contribution in [3.63, 3.8) is 0 Å². The van der Waals surface area contributed by atoms with Crippen molar-refractivity contribution in [2.24, 2.45) is 0 Å². The highest BCUT2D eigenvalue weighted by atomic mass is 35.5. The lowest BCUT2D eigenvalue weighted by Gasteiger charge is -2.06. The minimum absolute atomic E-state index is 0.788. The molecule has 4 aromatic carbocycles. The molecule has 158 valence electrons. The quantitative estimate of drug-likeness (QED) is 0.263. The Morgan fingerprint density at radius 1 is 0.562 bits per heavy atom. The number of benzene rings is 4. The molecule has 0 spiro atoms. The summed E-state index contributed by atoms with van der Waals surface area (Å²) in [6, 6.07) is 28.8. The Labute approximate surface area is 192 Å². The van der Waals surface area contributed by atoms with Crippen LogP contribution in [0.2, 0.25) is 5.02 Å². The highest BCUT2D eigenvalue weighted by Gasteiger charge is 2.13. The highest BCUT2D eigenvalue weighted by Crippen LogP contribution is 2.33. The molecule has 0 N–H and O–H groups in total. The third-order valence-corrected chi connectivity index (χ3v) is 7.00. The van der Waals surface area contributed by atoms with Gasteiger partial charge in [0.25, 0.3) is 0 Å². The second-order valence-corrected chi connectivity index (χ2v) is 8.98. The van der Waals surface area contributed by atoms with Crippen molar-refractivity contribution in [3.8, 4) is 0 Å². The zero-order valence-corrected chi connectivity index (χ0v) is 19.2. The standard InChI is InChI=1S/C29H25ClN2/c1-3-31-26-8-6-5-7-22(26)23-16-19(9-12-27(23)31)15-20-10-13-28-24(17-20)25-18-21(30)11-14-29(25)32(28)4-2/h5-14,16-18H,3-4,15H2,1-2H3. The smallest absolute Gasteiger partial charge is 0.0492 e. The van der Waals surface area contributed by atoms with Gasteiger partial charge in [-0.1, -0.05) is 41.9 Å². The maximum Gasteiger partial charge on any atom is 0.0492 e. The molecule has 2 nitrogen and oxygen atoms in total. The number of hydrogen-bond acceptors (Lipinski definition) is 0. The molecular formula is C29H25ClN2. The predicted molar refractivity (Wildman–Crippen MR) is 138 cm³/mol. The number of rotatable bonds is 4. The molecule has 0 saturated heterocycles. The van der Waals surface area contributed by atoms with Gasteiger partial charge in [-0.2, -0.15) is 0 Å². The fourth-order valence-electron chi connectivity index (χ4n) is 5.36. The van der Waals surface area contributed by atoms with Crippen LogP contribution in [-0.2, 0) is 19.5 Å². The van der Waals surface area contributed by atoms with Gasteiger partial charge in [0, 0.05) is 61.7 Å². The van der Waals surface area contributed by atoms with E-state index in [9.17, 15) is 0 Å². The van der Waals surface area contributed by atoms with Crippen molar-refractivity contribution in [3.05, 3.63) is 95.0 Å². The minimum Gasteiger partial charge on any atom is -0.341 e. The van der Waals surface area contributed by atoms with Gasteiger partial charge in [0.2, 0.25) is 0 Å². The van der Waals surface area contributed by atoms with Gasteiger partial charge in [-0.05, 0) is 79.9 Å². The normalized spacial score (nSPS) is 12.0. The first-order chi connectivity index (χ1) is 15.7. The molecular weight excluding hydrogens is 412 g/mol. The number of nitrogens with zero attached hydrogens (tertiary/aromatic N) is 2. The molecule has 0 bridgehead atoms. The van der Waals surface area contributed by atoms with E-state index in [0.29, 0.717) is 0 Å². The molecule has 0 unspecified atom stereocenters. The molecule has 0 aliphatic heterocycles. The Morgan fingerprint density at radius 3 is 1.69 bits per heavy atom. The molecule has 0 aliphatic carbocycles. The minimum atomic E-state index is 0.788. The van der Waals surface area contributed by atoms with E-state index in [1.165, 1.54) is 54.7 Å². The van der Waals surface area contributed by atoms with Gasteiger partial charge in [-0.3, -0.25) is 0 Å². The lowest BCUT2D eigenvalue weighted by molar-refractivity contribution is 0.827. The molecule has 0 amide bonds. The molecule has 0 atom stereocenters. The zero-order chi connectivity index (χ0) is 21.8. The molecule has 6 aromatic rings. The topological polar surface area (TPSA) is 9.86 Å². The van der Waals surface area contributed by atoms with Gasteiger partial charge in [0.05, 0.1) is 0 Å². The van der Waals surface area contributed by atoms with Crippen molar-refractivity contribution < 1.29 is 0 Å². The van der Waals surface area contributed by atoms with Crippen molar-refractivity contribution >= 4 is 55.2 Å². The molecule has 2 heterocycles. The van der Waals surface area contributed by atoms with Gasteiger partial charge < -0.3 is 9.13 Å². The van der Waals surface area contributed by atoms with Crippen LogP contribution in [0.5, 0.6) is 0 Å². The molecule has 0 aliphatic rings. The first-order valence-electron chi connectivity index (χ1n) is 11.4. The number of aryl methyl sites for hydroxylation is 2. The first kappa shape index (κ1) is 19.5. The Kier molecular flexibility index (Phi) is 4.51. The Hall–Kier alpha value is -3.23. The van der Waals surface area contributed by atoms with E-state index in [4.69, 9.17) is 11.6 Å². The van der Waals surface area contributed by atoms with Gasteiger partial charge >= 0.3 is 0 Å². The fraction of sp³-hybridized carbons (Fsp3) is 0.172. The monoisotopic (exact) mass is 436 g/mol. The maximum atomic E-state index is 6.35. The van der Waals surface area contributed by atoms with Crippen molar-refractivity contribution in [1.29, 1.82) is 0 Å². The van der Waals surface area contributed by atoms with Crippen LogP contribution in [-0.4, -0.2) is 9.13 Å². The number of para-hydroxylation sites is 1. The Morgan fingerprint density at radius 2 is 1.06 bits per heavy atom. The molecule has 0 fully saturated rings. The summed E-state index contributed by atoms with van der Waals surface area (Å²) in [4.78, 5) is 0. The van der Waals surface area contributed by atoms with Crippen molar-refractivity contribution in [1.82, 2.24) is 9.13 Å². The first-order valence-corrected chi connectivity index (χ1v) is 11.8. The van der Waals surface area contributed by atoms with E-state index in [-0.39, 0.29) is 0 Å². The maximum absolute atomic E-state index is 6.35. The third-order valence-electron chi connectivity index (χ3n) is 6.77. The molecule has 0 saturated carbocycles. The van der Waals surface area contributed by atoms with Crippen LogP contribution >= 0.6 is 11.6 Å². The molecule has 2 aromatic heterocycles. The summed E-state index contributed by atoms with van der Waals surface area (Å²) < 4.78 is 4.78. The summed E-state index contributed by atoms with van der Waals surface area (Å²) >= 11 is 6.35. The van der Waals surface area contributed by atoms with E-state index < -0.39 is 0 Å². The Balaban J connectivity index is 1.48. The van der Waals surface area contributed by atoms with Crippen LogP contribution in [0, 0.1) is 0 Å². The average molecular weight is 437 g/mol. The van der Waals surface area contributed by atoms with Crippen molar-refractivity contribution in [2.75, 3.05) is 0 Å². The van der Waals surface area contributed by atoms with Crippen LogP contribution in [0.4, 0.5) is 0 Å². The van der Waals surface area contributed by atoms with Crippen LogP contribution in [0.15, 0.2) is 78.9 Å². The van der Waals surface area contributed by atoms with Gasteiger partial charge in [0.15, 0.2) is 0 Å². The van der Waals surface area contributed by atoms with Gasteiger partial charge in [-0.25, -0.2) is 0 Å². The SMILES string of the molecule is CCn1c2ccccc2c2cc(Cc3ccc4c(c3)c3cc(Cl)ccc3n4CC)ccc21. The van der Waals surface area contributed by atoms with E-state index >= 15 is 0 Å². The van der Waals surface area contributed by atoms with Crippen LogP contribution in [0.25, 0.3) is 43.6 Å². The van der Waals surface area contributed by atoms with Gasteiger partial charge in [0.1, 0.15) is 0 Å². The summed E-state index contributed by atoms with van der Waals surface area (Å²) in [5.74, 6) is 0. The van der Waals surface area contributed by atoms with Crippen LogP contribution in [0.1, 0.15) is 25.0 Å². The summed E-state index contributed by atoms with van der Waals surface area (Å²) in [7, 11) is 0. The summed E-state index contributed by atoms with van der Waals surface area (Å²) in [6.45, 7) is 6.33. The second-order valence-electron chi connectivity index (χ2n) is 8.55. The van der Waals surface area contributed by atoms with Crippen LogP contribution in [0.3, 0.4) is 0 Å². The van der Waals surface area contributed by atoms with E-state index in [2.05, 4.69) is 95.8 Å². The molecule has 0 radical (unpaired) electrons. The summed E-state index contributed by atoms with van der Waals surface area (Å²) in [5, 5.41) is 5.98. The largest absolute Gasteiger partial charge is 0.341 e. The second kappa shape index (κ2) is 7.43. The summed E-state index contributed by atoms with van der Waals surface area (Å²) in [6.07, 6.45) is 0.914. The van der Waals surface area contributed by atoms with E-state index in [0.717, 1.165) is 24.5 Å². The fourth-order valence-corrected chi connectivity index (χ4v) is 5.53. The average Bonchev–Trinajstić information content (AvgIpc) is 3.30. The van der Waals surface area contributed by atoms with Crippen LogP contribution < -0.4 is 0 Å². The molecule has 3 heteroatoms. The third kappa shape index (κ3) is 2.87. The zero-order valence-electron chi connectivity index (χ0n) is 18.4. The predicted octanol–water partition coefficient (Wildman–Crippen LogP) is 8.19. The number of halogens is 1. The summed E-state index contributed by atoms with van der Waals surface area (Å²) in [5.41, 5.74) is 7.81. The van der Waals surface area contributed by atoms with E-state index in [1.807, 2.05) is 6.07 Å². The number of aromatic nitrogens is 2. The lowest BCUT2D eigenvalue weighted by atomic mass is 10.0. The van der Waals surface area contributed by atoms with Crippen molar-refractivity contribution in [2.45, 2.75) is 33.4 Å². The lowest BCUT2D eigenvalue weighted by Crippen LogP contribution is -1.94. The Bertz CT molecular complexity index is 1630. The van der Waals surface area contributed by atoms with E-state index in [1.54, 1.807) is 0 Å². The number of hydrogen-bond donors (Lipinski definition) is 0. The molecule has 6 rings (SSSR count). The molecule has 32 heavy (non-hydrogen) atoms. The highest BCUT2D eigenvalue weighted by molar-refractivity contribution is 6.31.